The highest BCUT2D eigenvalue weighted by atomic mass is 16.5. The van der Waals surface area contributed by atoms with E-state index in [1.165, 1.54) is 0 Å². The topological polar surface area (TPSA) is 68.0 Å². The van der Waals surface area contributed by atoms with Crippen molar-refractivity contribution in [1.82, 2.24) is 15.0 Å². The normalized spacial score (nSPS) is 20.5. The van der Waals surface area contributed by atoms with Gasteiger partial charge in [0.2, 0.25) is 0 Å². The Balaban J connectivity index is 1.33. The van der Waals surface area contributed by atoms with Crippen LogP contribution in [-0.4, -0.2) is 66.4 Å². The molecule has 0 aliphatic carbocycles. The fourth-order valence-electron chi connectivity index (χ4n) is 3.72. The summed E-state index contributed by atoms with van der Waals surface area (Å²) in [7, 11) is 0. The fraction of sp³-hybridized carbons (Fsp3) is 0.524. The largest absolute Gasteiger partial charge is 0.490 e. The summed E-state index contributed by atoms with van der Waals surface area (Å²) in [4.78, 5) is 17.2. The van der Waals surface area contributed by atoms with E-state index in [-0.39, 0.29) is 12.0 Å². The Kier molecular flexibility index (Phi) is 5.92. The van der Waals surface area contributed by atoms with Gasteiger partial charge in [-0.25, -0.2) is 0 Å². The first-order valence-electron chi connectivity index (χ1n) is 9.96. The summed E-state index contributed by atoms with van der Waals surface area (Å²) in [5, 5.41) is 3.93. The maximum Gasteiger partial charge on any atom is 0.257 e. The molecule has 150 valence electrons. The van der Waals surface area contributed by atoms with Crippen molar-refractivity contribution in [2.24, 2.45) is 0 Å². The molecule has 0 bridgehead atoms. The first-order chi connectivity index (χ1) is 13.7. The maximum atomic E-state index is 13.1. The van der Waals surface area contributed by atoms with Gasteiger partial charge in [-0.1, -0.05) is 17.3 Å². The number of carbonyl (C=O) groups excluding carboxylic acids is 1. The van der Waals surface area contributed by atoms with Crippen LogP contribution in [0.25, 0.3) is 0 Å². The number of benzene rings is 1. The molecular formula is C21H27N3O4. The van der Waals surface area contributed by atoms with Crippen LogP contribution in [0.4, 0.5) is 0 Å². The molecule has 0 N–H and O–H groups in total. The maximum absolute atomic E-state index is 13.1. The molecule has 0 spiro atoms. The van der Waals surface area contributed by atoms with Crippen LogP contribution in [0.2, 0.25) is 0 Å². The van der Waals surface area contributed by atoms with Gasteiger partial charge in [0.15, 0.2) is 5.76 Å². The molecule has 1 amide bonds. The van der Waals surface area contributed by atoms with Gasteiger partial charge < -0.3 is 18.9 Å². The zero-order valence-electron chi connectivity index (χ0n) is 16.3. The van der Waals surface area contributed by atoms with Crippen LogP contribution in [-0.2, 0) is 11.3 Å². The van der Waals surface area contributed by atoms with Crippen LogP contribution in [0.5, 0.6) is 5.75 Å². The molecule has 1 unspecified atom stereocenters. The van der Waals surface area contributed by atoms with Gasteiger partial charge in [0, 0.05) is 38.9 Å². The summed E-state index contributed by atoms with van der Waals surface area (Å²) in [6.45, 7) is 6.93. The zero-order valence-corrected chi connectivity index (χ0v) is 16.3. The quantitative estimate of drug-likeness (QED) is 0.761. The van der Waals surface area contributed by atoms with Crippen LogP contribution in [0.3, 0.4) is 0 Å². The Morgan fingerprint density at radius 3 is 2.79 bits per heavy atom. The van der Waals surface area contributed by atoms with E-state index >= 15 is 0 Å². The number of amides is 1. The van der Waals surface area contributed by atoms with Gasteiger partial charge in [0.05, 0.1) is 23.9 Å². The Bertz CT molecular complexity index is 792. The highest BCUT2D eigenvalue weighted by molar-refractivity contribution is 5.97. The van der Waals surface area contributed by atoms with Crippen molar-refractivity contribution in [3.05, 3.63) is 47.3 Å². The van der Waals surface area contributed by atoms with Crippen LogP contribution in [0, 0.1) is 6.92 Å². The molecule has 0 radical (unpaired) electrons. The molecule has 28 heavy (non-hydrogen) atoms. The van der Waals surface area contributed by atoms with E-state index in [1.807, 2.05) is 42.2 Å². The van der Waals surface area contributed by atoms with E-state index in [9.17, 15) is 4.79 Å². The average molecular weight is 385 g/mol. The third kappa shape index (κ3) is 4.54. The number of nitrogens with zero attached hydrogens (tertiary/aromatic N) is 3. The van der Waals surface area contributed by atoms with Crippen molar-refractivity contribution < 1.29 is 18.8 Å². The van der Waals surface area contributed by atoms with Crippen molar-refractivity contribution in [2.75, 3.05) is 39.4 Å². The Morgan fingerprint density at radius 1 is 1.25 bits per heavy atom. The van der Waals surface area contributed by atoms with E-state index in [0.717, 1.165) is 50.5 Å². The van der Waals surface area contributed by atoms with Crippen LogP contribution in [0.15, 0.2) is 34.9 Å². The molecule has 2 aromatic rings. The molecule has 3 heterocycles. The van der Waals surface area contributed by atoms with Crippen LogP contribution < -0.4 is 4.74 Å². The van der Waals surface area contributed by atoms with Gasteiger partial charge in [0.1, 0.15) is 12.4 Å². The highest BCUT2D eigenvalue weighted by Crippen LogP contribution is 2.23. The number of aryl methyl sites for hydroxylation is 1. The second-order valence-corrected chi connectivity index (χ2v) is 7.45. The molecule has 2 fully saturated rings. The predicted molar refractivity (Wildman–Crippen MR) is 103 cm³/mol. The molecule has 0 saturated carbocycles. The molecule has 7 heteroatoms. The van der Waals surface area contributed by atoms with Crippen molar-refractivity contribution in [3.63, 3.8) is 0 Å². The summed E-state index contributed by atoms with van der Waals surface area (Å²) >= 11 is 0. The monoisotopic (exact) mass is 385 g/mol. The van der Waals surface area contributed by atoms with Gasteiger partial charge in [-0.3, -0.25) is 9.69 Å². The molecule has 4 rings (SSSR count). The molecule has 2 aliphatic rings. The molecule has 7 nitrogen and oxygen atoms in total. The minimum Gasteiger partial charge on any atom is -0.490 e. The minimum atomic E-state index is 0.0260. The number of hydrogen-bond donors (Lipinski definition) is 0. The van der Waals surface area contributed by atoms with Gasteiger partial charge in [0.25, 0.3) is 5.91 Å². The van der Waals surface area contributed by atoms with Gasteiger partial charge in [-0.15, -0.1) is 0 Å². The standard InChI is InChI=1S/C21H27N3O4/c1-16-13-18(28-22-16)14-23-8-10-24(11-9-23)21(25)19-6-2-3-7-20(19)27-15-17-5-4-12-26-17/h2-3,6-7,13,17H,4-5,8-12,14-15H2,1H3. The number of aromatic nitrogens is 1. The SMILES string of the molecule is Cc1cc(CN2CCN(C(=O)c3ccccc3OCC3CCCO3)CC2)on1. The second-order valence-electron chi connectivity index (χ2n) is 7.45. The first kappa shape index (κ1) is 19.0. The van der Waals surface area contributed by atoms with E-state index in [2.05, 4.69) is 10.1 Å². The van der Waals surface area contributed by atoms with Crippen molar-refractivity contribution >= 4 is 5.91 Å². The molecule has 1 aromatic heterocycles. The van der Waals surface area contributed by atoms with Gasteiger partial charge in [-0.05, 0) is 31.9 Å². The number of hydrogen-bond acceptors (Lipinski definition) is 6. The van der Waals surface area contributed by atoms with Crippen LogP contribution >= 0.6 is 0 Å². The summed E-state index contributed by atoms with van der Waals surface area (Å²) in [6, 6.07) is 9.45. The third-order valence-corrected chi connectivity index (χ3v) is 5.28. The predicted octanol–water partition coefficient (Wildman–Crippen LogP) is 2.50. The Morgan fingerprint density at radius 2 is 2.07 bits per heavy atom. The lowest BCUT2D eigenvalue weighted by atomic mass is 10.1. The van der Waals surface area contributed by atoms with Crippen LogP contribution in [0.1, 0.15) is 34.7 Å². The zero-order chi connectivity index (χ0) is 19.3. The molecular weight excluding hydrogens is 358 g/mol. The summed E-state index contributed by atoms with van der Waals surface area (Å²) in [5.41, 5.74) is 1.52. The minimum absolute atomic E-state index is 0.0260. The molecule has 1 aromatic carbocycles. The second kappa shape index (κ2) is 8.75. The molecule has 2 aliphatic heterocycles. The average Bonchev–Trinajstić information content (AvgIpc) is 3.38. The lowest BCUT2D eigenvalue weighted by Gasteiger charge is -2.34. The van der Waals surface area contributed by atoms with Crippen molar-refractivity contribution in [3.8, 4) is 5.75 Å². The fourth-order valence-corrected chi connectivity index (χ4v) is 3.72. The Labute approximate surface area is 165 Å². The first-order valence-corrected chi connectivity index (χ1v) is 9.96. The lowest BCUT2D eigenvalue weighted by molar-refractivity contribution is 0.0585. The number of ether oxygens (including phenoxy) is 2. The van der Waals surface area contributed by atoms with Gasteiger partial charge >= 0.3 is 0 Å². The highest BCUT2D eigenvalue weighted by Gasteiger charge is 2.25. The molecule has 2 saturated heterocycles. The van der Waals surface area contributed by atoms with Crippen molar-refractivity contribution in [2.45, 2.75) is 32.4 Å². The van der Waals surface area contributed by atoms with Crippen molar-refractivity contribution in [1.29, 1.82) is 0 Å². The number of carbonyl (C=O) groups is 1. The molecule has 1 atom stereocenters. The number of piperazine rings is 1. The number of para-hydroxylation sites is 1. The van der Waals surface area contributed by atoms with E-state index in [4.69, 9.17) is 14.0 Å². The third-order valence-electron chi connectivity index (χ3n) is 5.28. The number of rotatable bonds is 6. The van der Waals surface area contributed by atoms with E-state index in [1.54, 1.807) is 0 Å². The summed E-state index contributed by atoms with van der Waals surface area (Å²) in [6.07, 6.45) is 2.22. The van der Waals surface area contributed by atoms with E-state index < -0.39 is 0 Å². The lowest BCUT2D eigenvalue weighted by Crippen LogP contribution is -2.48. The smallest absolute Gasteiger partial charge is 0.257 e. The summed E-state index contributed by atoms with van der Waals surface area (Å²) in [5.74, 6) is 1.53. The van der Waals surface area contributed by atoms with Gasteiger partial charge in [-0.2, -0.15) is 0 Å². The summed E-state index contributed by atoms with van der Waals surface area (Å²) < 4.78 is 16.8. The Hall–Kier alpha value is -2.38. The van der Waals surface area contributed by atoms with E-state index in [0.29, 0.717) is 31.0 Å².